The number of phenolic OH excluding ortho intramolecular Hbond substituents is 1. The molecule has 1 heterocycles. The van der Waals surface area contributed by atoms with Gasteiger partial charge in [0, 0.05) is 26.6 Å². The van der Waals surface area contributed by atoms with Gasteiger partial charge in [-0.1, -0.05) is 42.5 Å². The summed E-state index contributed by atoms with van der Waals surface area (Å²) in [5.74, 6) is 1.19. The van der Waals surface area contributed by atoms with Gasteiger partial charge >= 0.3 is 0 Å². The summed E-state index contributed by atoms with van der Waals surface area (Å²) in [5, 5.41) is 13.4. The van der Waals surface area contributed by atoms with Gasteiger partial charge in [-0.15, -0.1) is 0 Å². The number of carbonyl (C=O) groups excluding carboxylic acids is 1. The molecule has 0 fully saturated rings. The topological polar surface area (TPSA) is 103 Å². The summed E-state index contributed by atoms with van der Waals surface area (Å²) in [6.07, 6.45) is 0.315. The highest BCUT2D eigenvalue weighted by Gasteiger charge is 2.19. The summed E-state index contributed by atoms with van der Waals surface area (Å²) >= 11 is 0. The van der Waals surface area contributed by atoms with Crippen LogP contribution in [-0.4, -0.2) is 39.8 Å². The van der Waals surface area contributed by atoms with Crippen LogP contribution in [-0.2, 0) is 36.0 Å². The number of nitrogens with one attached hydrogen (secondary N) is 1. The molecule has 37 heavy (non-hydrogen) atoms. The fraction of sp³-hybridized carbons (Fsp3) is 0.276. The first kappa shape index (κ1) is 25.9. The van der Waals surface area contributed by atoms with Crippen LogP contribution in [0.3, 0.4) is 0 Å². The Morgan fingerprint density at radius 1 is 1.05 bits per heavy atom. The lowest BCUT2D eigenvalue weighted by Crippen LogP contribution is -2.38. The molecule has 0 radical (unpaired) electrons. The number of aromatic hydroxyl groups is 1. The van der Waals surface area contributed by atoms with E-state index < -0.39 is 6.10 Å². The molecule has 1 amide bonds. The van der Waals surface area contributed by atoms with E-state index in [2.05, 4.69) is 10.3 Å². The van der Waals surface area contributed by atoms with Crippen molar-refractivity contribution in [3.05, 3.63) is 100 Å². The van der Waals surface area contributed by atoms with Gasteiger partial charge in [0.1, 0.15) is 30.0 Å². The average molecular weight is 502 g/mol. The van der Waals surface area contributed by atoms with Crippen molar-refractivity contribution in [3.63, 3.8) is 0 Å². The molecule has 0 spiro atoms. The molecule has 0 bridgehead atoms. The summed E-state index contributed by atoms with van der Waals surface area (Å²) < 4.78 is 13.1. The Balaban J connectivity index is 1.33. The maximum Gasteiger partial charge on any atom is 0.261 e. The Labute approximate surface area is 215 Å². The molecule has 2 N–H and O–H groups in total. The summed E-state index contributed by atoms with van der Waals surface area (Å²) in [6, 6.07) is 21.8. The van der Waals surface area contributed by atoms with Gasteiger partial charge in [-0.3, -0.25) is 14.2 Å². The van der Waals surface area contributed by atoms with E-state index in [1.807, 2.05) is 61.5 Å². The normalized spacial score (nSPS) is 11.8. The number of para-hydroxylation sites is 2. The molecule has 4 aromatic rings. The number of ether oxygens (including phenoxy) is 2. The van der Waals surface area contributed by atoms with Gasteiger partial charge in [0.2, 0.25) is 5.91 Å². The summed E-state index contributed by atoms with van der Waals surface area (Å²) in [6.45, 7) is 2.82. The maximum atomic E-state index is 12.7. The van der Waals surface area contributed by atoms with E-state index in [0.717, 1.165) is 11.1 Å². The number of rotatable bonds is 11. The van der Waals surface area contributed by atoms with Crippen molar-refractivity contribution < 1.29 is 19.4 Å². The van der Waals surface area contributed by atoms with Crippen LogP contribution in [0.15, 0.2) is 77.6 Å². The quantitative estimate of drug-likeness (QED) is 0.326. The van der Waals surface area contributed by atoms with Crippen LogP contribution in [0, 0.1) is 0 Å². The largest absolute Gasteiger partial charge is 0.508 e. The minimum atomic E-state index is -0.627. The molecule has 1 atom stereocenters. The number of aromatic nitrogens is 2. The molecular weight excluding hydrogens is 470 g/mol. The van der Waals surface area contributed by atoms with Crippen LogP contribution in [0.5, 0.6) is 11.5 Å². The Kier molecular flexibility index (Phi) is 8.53. The van der Waals surface area contributed by atoms with Crippen LogP contribution in [0.4, 0.5) is 0 Å². The van der Waals surface area contributed by atoms with Crippen molar-refractivity contribution in [3.8, 4) is 11.5 Å². The first-order valence-corrected chi connectivity index (χ1v) is 12.3. The predicted octanol–water partition coefficient (Wildman–Crippen LogP) is 3.52. The van der Waals surface area contributed by atoms with Crippen molar-refractivity contribution >= 4 is 16.8 Å². The Hall–Kier alpha value is -4.17. The highest BCUT2D eigenvalue weighted by atomic mass is 16.5. The van der Waals surface area contributed by atoms with Crippen molar-refractivity contribution in [2.75, 3.05) is 13.2 Å². The van der Waals surface area contributed by atoms with E-state index in [-0.39, 0.29) is 23.8 Å². The molecule has 4 rings (SSSR count). The molecule has 192 valence electrons. The summed E-state index contributed by atoms with van der Waals surface area (Å²) in [7, 11) is 1.69. The molecule has 0 saturated carbocycles. The number of benzene rings is 3. The van der Waals surface area contributed by atoms with Gasteiger partial charge in [-0.25, -0.2) is 4.98 Å². The fourth-order valence-electron chi connectivity index (χ4n) is 4.06. The Morgan fingerprint density at radius 2 is 1.78 bits per heavy atom. The molecule has 0 aliphatic heterocycles. The predicted molar refractivity (Wildman–Crippen MR) is 142 cm³/mol. The second-order valence-corrected chi connectivity index (χ2v) is 8.66. The lowest BCUT2D eigenvalue weighted by atomic mass is 10.1. The van der Waals surface area contributed by atoms with Crippen LogP contribution < -0.4 is 15.6 Å². The molecule has 8 nitrogen and oxygen atoms in total. The molecular formula is C29H31N3O5. The molecule has 1 aromatic heterocycles. The Morgan fingerprint density at radius 3 is 2.54 bits per heavy atom. The monoisotopic (exact) mass is 501 g/mol. The highest BCUT2D eigenvalue weighted by Crippen LogP contribution is 2.17. The van der Waals surface area contributed by atoms with Gasteiger partial charge < -0.3 is 19.9 Å². The number of hydrogen-bond acceptors (Lipinski definition) is 6. The number of fused-ring (bicyclic) bond motifs is 1. The van der Waals surface area contributed by atoms with Gasteiger partial charge in [0.05, 0.1) is 10.9 Å². The van der Waals surface area contributed by atoms with Crippen LogP contribution in [0.2, 0.25) is 0 Å². The van der Waals surface area contributed by atoms with Gasteiger partial charge in [-0.2, -0.15) is 0 Å². The third-order valence-corrected chi connectivity index (χ3v) is 6.13. The van der Waals surface area contributed by atoms with E-state index in [1.54, 1.807) is 25.2 Å². The second kappa shape index (κ2) is 12.2. The number of hydrogen-bond donors (Lipinski definition) is 2. The number of phenols is 1. The van der Waals surface area contributed by atoms with E-state index >= 15 is 0 Å². The van der Waals surface area contributed by atoms with Crippen molar-refractivity contribution in [2.45, 2.75) is 32.5 Å². The fourth-order valence-corrected chi connectivity index (χ4v) is 4.06. The van der Waals surface area contributed by atoms with E-state index in [1.165, 1.54) is 4.57 Å². The molecule has 0 aliphatic rings. The standard InChI is InChI=1S/C29H31N3O5/c1-3-36-26(28(34)30-17-16-21-8-4-7-11-25(21)33)18-20-12-14-22(15-13-20)37-19-27-31-24-10-6-5-9-23(24)29(35)32(27)2/h4-15,26,33H,3,16-19H2,1-2H3,(H,30,34). The van der Waals surface area contributed by atoms with Gasteiger partial charge in [0.25, 0.3) is 5.56 Å². The average Bonchev–Trinajstić information content (AvgIpc) is 2.91. The smallest absolute Gasteiger partial charge is 0.261 e. The van der Waals surface area contributed by atoms with E-state index in [0.29, 0.717) is 48.5 Å². The van der Waals surface area contributed by atoms with Crippen molar-refractivity contribution in [1.82, 2.24) is 14.9 Å². The number of amides is 1. The Bertz CT molecular complexity index is 1420. The van der Waals surface area contributed by atoms with Crippen molar-refractivity contribution in [1.29, 1.82) is 0 Å². The van der Waals surface area contributed by atoms with Crippen LogP contribution in [0.25, 0.3) is 10.9 Å². The zero-order chi connectivity index (χ0) is 26.2. The first-order valence-electron chi connectivity index (χ1n) is 12.3. The lowest BCUT2D eigenvalue weighted by Gasteiger charge is -2.17. The minimum Gasteiger partial charge on any atom is -0.508 e. The second-order valence-electron chi connectivity index (χ2n) is 8.66. The SMILES string of the molecule is CCOC(Cc1ccc(OCc2nc3ccccc3c(=O)n2C)cc1)C(=O)NCCc1ccccc1O. The third-order valence-electron chi connectivity index (χ3n) is 6.13. The minimum absolute atomic E-state index is 0.111. The molecule has 8 heteroatoms. The zero-order valence-corrected chi connectivity index (χ0v) is 21.0. The molecule has 3 aromatic carbocycles. The van der Waals surface area contributed by atoms with Gasteiger partial charge in [0.15, 0.2) is 0 Å². The van der Waals surface area contributed by atoms with Crippen molar-refractivity contribution in [2.24, 2.45) is 7.05 Å². The molecule has 1 unspecified atom stereocenters. The van der Waals surface area contributed by atoms with E-state index in [4.69, 9.17) is 9.47 Å². The summed E-state index contributed by atoms with van der Waals surface area (Å²) in [4.78, 5) is 29.9. The maximum absolute atomic E-state index is 12.7. The molecule has 0 aliphatic carbocycles. The first-order chi connectivity index (χ1) is 18.0. The van der Waals surface area contributed by atoms with E-state index in [9.17, 15) is 14.7 Å². The van der Waals surface area contributed by atoms with Crippen LogP contribution in [0.1, 0.15) is 23.9 Å². The lowest BCUT2D eigenvalue weighted by molar-refractivity contribution is -0.132. The summed E-state index contributed by atoms with van der Waals surface area (Å²) in [5.41, 5.74) is 2.24. The van der Waals surface area contributed by atoms with Gasteiger partial charge in [-0.05, 0) is 54.8 Å². The number of carbonyl (C=O) groups is 1. The zero-order valence-electron chi connectivity index (χ0n) is 21.0. The highest BCUT2D eigenvalue weighted by molar-refractivity contribution is 5.81. The number of nitrogens with zero attached hydrogens (tertiary/aromatic N) is 2. The third kappa shape index (κ3) is 6.54. The molecule has 0 saturated heterocycles. The van der Waals surface area contributed by atoms with Crippen LogP contribution >= 0.6 is 0 Å².